The number of pyridine rings is 1. The second kappa shape index (κ2) is 7.10. The standard InChI is InChI=1S/C17H24N4O2/c1-3-23-17(22)15-12-18-16-5-4-14(13-21(15)16)6-7-20-10-8-19(2)9-11-20/h4-5,12-13H,3,6-11H2,1-2H3. The van der Waals surface area contributed by atoms with Crippen molar-refractivity contribution in [3.05, 3.63) is 35.8 Å². The van der Waals surface area contributed by atoms with Crippen LogP contribution in [0.25, 0.3) is 5.65 Å². The highest BCUT2D eigenvalue weighted by Gasteiger charge is 2.15. The van der Waals surface area contributed by atoms with Gasteiger partial charge in [0.1, 0.15) is 5.65 Å². The second-order valence-electron chi connectivity index (χ2n) is 6.02. The van der Waals surface area contributed by atoms with E-state index in [0.717, 1.165) is 44.8 Å². The van der Waals surface area contributed by atoms with Crippen LogP contribution in [0.2, 0.25) is 0 Å². The normalized spacial score (nSPS) is 16.8. The molecule has 0 atom stereocenters. The molecule has 3 rings (SSSR count). The summed E-state index contributed by atoms with van der Waals surface area (Å²) in [6.45, 7) is 7.73. The zero-order chi connectivity index (χ0) is 16.2. The van der Waals surface area contributed by atoms with E-state index in [1.54, 1.807) is 6.20 Å². The number of piperazine rings is 1. The average Bonchev–Trinajstić information content (AvgIpc) is 2.98. The van der Waals surface area contributed by atoms with Gasteiger partial charge in [-0.3, -0.25) is 4.40 Å². The van der Waals surface area contributed by atoms with Crippen molar-refractivity contribution >= 4 is 11.6 Å². The van der Waals surface area contributed by atoms with Gasteiger partial charge in [-0.15, -0.1) is 0 Å². The minimum atomic E-state index is -0.323. The van der Waals surface area contributed by atoms with Crippen molar-refractivity contribution < 1.29 is 9.53 Å². The van der Waals surface area contributed by atoms with E-state index in [2.05, 4.69) is 27.9 Å². The van der Waals surface area contributed by atoms with Gasteiger partial charge < -0.3 is 14.5 Å². The van der Waals surface area contributed by atoms with Crippen molar-refractivity contribution in [1.82, 2.24) is 19.2 Å². The van der Waals surface area contributed by atoms with Crippen molar-refractivity contribution in [2.24, 2.45) is 0 Å². The van der Waals surface area contributed by atoms with Crippen molar-refractivity contribution in [2.75, 3.05) is 46.4 Å². The maximum Gasteiger partial charge on any atom is 0.356 e. The molecule has 0 radical (unpaired) electrons. The zero-order valence-corrected chi connectivity index (χ0v) is 13.9. The van der Waals surface area contributed by atoms with Crippen LogP contribution in [0.1, 0.15) is 23.0 Å². The Morgan fingerprint density at radius 1 is 1.26 bits per heavy atom. The summed E-state index contributed by atoms with van der Waals surface area (Å²) in [7, 11) is 2.17. The predicted molar refractivity (Wildman–Crippen MR) is 88.8 cm³/mol. The van der Waals surface area contributed by atoms with E-state index in [1.807, 2.05) is 23.6 Å². The Kier molecular flexibility index (Phi) is 4.93. The number of hydrogen-bond donors (Lipinski definition) is 0. The monoisotopic (exact) mass is 316 g/mol. The number of imidazole rings is 1. The number of hydrogen-bond acceptors (Lipinski definition) is 5. The summed E-state index contributed by atoms with van der Waals surface area (Å²) in [5.41, 5.74) is 2.47. The summed E-state index contributed by atoms with van der Waals surface area (Å²) >= 11 is 0. The fourth-order valence-electron chi connectivity index (χ4n) is 2.89. The molecule has 6 nitrogen and oxygen atoms in total. The number of carbonyl (C=O) groups excluding carboxylic acids is 1. The van der Waals surface area contributed by atoms with Gasteiger partial charge in [0.25, 0.3) is 0 Å². The number of likely N-dealkylation sites (N-methyl/N-ethyl adjacent to an activating group) is 1. The highest BCUT2D eigenvalue weighted by molar-refractivity contribution is 5.88. The van der Waals surface area contributed by atoms with E-state index in [0.29, 0.717) is 12.3 Å². The SMILES string of the molecule is CCOC(=O)c1cnc2ccc(CCN3CCN(C)CC3)cn12. The van der Waals surface area contributed by atoms with Crippen molar-refractivity contribution in [2.45, 2.75) is 13.3 Å². The Balaban J connectivity index is 1.69. The lowest BCUT2D eigenvalue weighted by atomic mass is 10.2. The Morgan fingerprint density at radius 2 is 2.04 bits per heavy atom. The van der Waals surface area contributed by atoms with Gasteiger partial charge in [0.2, 0.25) is 0 Å². The molecule has 1 saturated heterocycles. The van der Waals surface area contributed by atoms with E-state index < -0.39 is 0 Å². The summed E-state index contributed by atoms with van der Waals surface area (Å²) in [4.78, 5) is 21.1. The zero-order valence-electron chi connectivity index (χ0n) is 13.9. The number of aromatic nitrogens is 2. The molecular weight excluding hydrogens is 292 g/mol. The molecule has 6 heteroatoms. The highest BCUT2D eigenvalue weighted by atomic mass is 16.5. The topological polar surface area (TPSA) is 50.1 Å². The molecule has 0 unspecified atom stereocenters. The summed E-state index contributed by atoms with van der Waals surface area (Å²) in [5.74, 6) is -0.323. The quantitative estimate of drug-likeness (QED) is 0.778. The lowest BCUT2D eigenvalue weighted by Gasteiger charge is -2.32. The molecule has 0 N–H and O–H groups in total. The number of carbonyl (C=O) groups is 1. The van der Waals surface area contributed by atoms with Gasteiger partial charge in [0.15, 0.2) is 5.69 Å². The fraction of sp³-hybridized carbons (Fsp3) is 0.529. The summed E-state index contributed by atoms with van der Waals surface area (Å²) < 4.78 is 6.92. The van der Waals surface area contributed by atoms with Crippen LogP contribution in [0, 0.1) is 0 Å². The van der Waals surface area contributed by atoms with Gasteiger partial charge in [-0.1, -0.05) is 6.07 Å². The van der Waals surface area contributed by atoms with E-state index in [9.17, 15) is 4.79 Å². The molecule has 1 aliphatic rings. The largest absolute Gasteiger partial charge is 0.461 e. The minimum absolute atomic E-state index is 0.323. The number of ether oxygens (including phenoxy) is 1. The average molecular weight is 316 g/mol. The molecule has 0 spiro atoms. The Bertz CT molecular complexity index is 674. The molecule has 2 aromatic heterocycles. The third-order valence-corrected chi connectivity index (χ3v) is 4.36. The molecule has 3 heterocycles. The molecule has 1 aliphatic heterocycles. The third kappa shape index (κ3) is 3.71. The third-order valence-electron chi connectivity index (χ3n) is 4.36. The van der Waals surface area contributed by atoms with Gasteiger partial charge in [-0.25, -0.2) is 9.78 Å². The molecule has 0 amide bonds. The van der Waals surface area contributed by atoms with E-state index >= 15 is 0 Å². The minimum Gasteiger partial charge on any atom is -0.461 e. The van der Waals surface area contributed by atoms with E-state index in [1.165, 1.54) is 5.56 Å². The molecule has 1 fully saturated rings. The van der Waals surface area contributed by atoms with Crippen molar-refractivity contribution in [1.29, 1.82) is 0 Å². The second-order valence-corrected chi connectivity index (χ2v) is 6.02. The van der Waals surface area contributed by atoms with Crippen LogP contribution in [-0.4, -0.2) is 71.5 Å². The van der Waals surface area contributed by atoms with Crippen LogP contribution in [0.3, 0.4) is 0 Å². The first-order valence-corrected chi connectivity index (χ1v) is 8.21. The number of esters is 1. The molecule has 124 valence electrons. The maximum absolute atomic E-state index is 12.0. The summed E-state index contributed by atoms with van der Waals surface area (Å²) in [6.07, 6.45) is 4.56. The first-order valence-electron chi connectivity index (χ1n) is 8.21. The van der Waals surface area contributed by atoms with Crippen LogP contribution in [0.5, 0.6) is 0 Å². The van der Waals surface area contributed by atoms with Crippen LogP contribution in [-0.2, 0) is 11.2 Å². The highest BCUT2D eigenvalue weighted by Crippen LogP contribution is 2.12. The molecule has 0 aliphatic carbocycles. The van der Waals surface area contributed by atoms with Crippen LogP contribution >= 0.6 is 0 Å². The van der Waals surface area contributed by atoms with Gasteiger partial charge in [0, 0.05) is 38.9 Å². The van der Waals surface area contributed by atoms with Gasteiger partial charge in [-0.2, -0.15) is 0 Å². The summed E-state index contributed by atoms with van der Waals surface area (Å²) in [5, 5.41) is 0. The van der Waals surface area contributed by atoms with Crippen LogP contribution < -0.4 is 0 Å². The first-order chi connectivity index (χ1) is 11.2. The lowest BCUT2D eigenvalue weighted by molar-refractivity contribution is 0.0518. The Morgan fingerprint density at radius 3 is 2.78 bits per heavy atom. The number of nitrogens with zero attached hydrogens (tertiary/aromatic N) is 4. The molecular formula is C17H24N4O2. The molecule has 23 heavy (non-hydrogen) atoms. The van der Waals surface area contributed by atoms with Gasteiger partial charge in [-0.05, 0) is 32.0 Å². The molecule has 0 saturated carbocycles. The molecule has 0 aromatic carbocycles. The predicted octanol–water partition coefficient (Wildman–Crippen LogP) is 1.30. The van der Waals surface area contributed by atoms with Gasteiger partial charge >= 0.3 is 5.97 Å². The van der Waals surface area contributed by atoms with Crippen LogP contribution in [0.15, 0.2) is 24.5 Å². The van der Waals surface area contributed by atoms with Crippen LogP contribution in [0.4, 0.5) is 0 Å². The molecule has 0 bridgehead atoms. The smallest absolute Gasteiger partial charge is 0.356 e. The Hall–Kier alpha value is -1.92. The van der Waals surface area contributed by atoms with E-state index in [4.69, 9.17) is 4.74 Å². The Labute approximate surface area is 136 Å². The first kappa shape index (κ1) is 16.0. The fourth-order valence-corrected chi connectivity index (χ4v) is 2.89. The van der Waals surface area contributed by atoms with Gasteiger partial charge in [0.05, 0.1) is 12.8 Å². The number of fused-ring (bicyclic) bond motifs is 1. The summed E-state index contributed by atoms with van der Waals surface area (Å²) in [6, 6.07) is 4.05. The van der Waals surface area contributed by atoms with Crippen molar-refractivity contribution in [3.63, 3.8) is 0 Å². The number of rotatable bonds is 5. The lowest BCUT2D eigenvalue weighted by Crippen LogP contribution is -2.45. The molecule has 2 aromatic rings. The van der Waals surface area contributed by atoms with E-state index in [-0.39, 0.29) is 5.97 Å². The van der Waals surface area contributed by atoms with Crippen molar-refractivity contribution in [3.8, 4) is 0 Å². The maximum atomic E-state index is 12.0.